The van der Waals surface area contributed by atoms with Crippen LogP contribution in [-0.4, -0.2) is 114 Å². The Balaban J connectivity index is 1.27. The Morgan fingerprint density at radius 2 is 1.90 bits per heavy atom. The lowest BCUT2D eigenvalue weighted by Crippen LogP contribution is -2.46. The van der Waals surface area contributed by atoms with Crippen LogP contribution in [0.15, 0.2) is 59.1 Å². The first-order valence-corrected chi connectivity index (χ1v) is 22.7. The second-order valence-corrected chi connectivity index (χ2v) is 18.8. The van der Waals surface area contributed by atoms with E-state index >= 15 is 0 Å². The number of hydrogen-bond acceptors (Lipinski definition) is 10. The number of halogens is 1. The minimum Gasteiger partial charge on any atom is -0.491 e. The number of ether oxygens (including phenoxy) is 3. The SMILES string of the molecule is COc1nn(C)cc1C(=O)NS1(=O)=NC(=O)c2ccc3c(c2)N(Cc2ccc(Cl)cc2CCCCO3)C[C@@H]2CC[C@H]2[C@@H](OCCN2CCN(C)CC2)/C=C/C[C@H](C)C1. The molecule has 58 heavy (non-hydrogen) atoms. The average Bonchev–Trinajstić information content (AvgIpc) is 3.56. The molecule has 1 aliphatic carbocycles. The van der Waals surface area contributed by atoms with Crippen molar-refractivity contribution in [2.45, 2.75) is 58.1 Å². The smallest absolute Gasteiger partial charge is 0.286 e. The van der Waals surface area contributed by atoms with Crippen LogP contribution < -0.4 is 19.1 Å². The highest BCUT2D eigenvalue weighted by molar-refractivity contribution is 7.92. The molecule has 15 heteroatoms. The molecule has 1 aromatic heterocycles. The summed E-state index contributed by atoms with van der Waals surface area (Å²) in [4.78, 5) is 35.0. The minimum atomic E-state index is -3.64. The number of benzene rings is 2. The Morgan fingerprint density at radius 1 is 1.07 bits per heavy atom. The first-order valence-electron chi connectivity index (χ1n) is 20.6. The molecule has 1 unspecified atom stereocenters. The molecule has 2 fully saturated rings. The van der Waals surface area contributed by atoms with Crippen LogP contribution in [-0.2, 0) is 34.7 Å². The van der Waals surface area contributed by atoms with Gasteiger partial charge in [-0.15, -0.1) is 9.46 Å². The van der Waals surface area contributed by atoms with Gasteiger partial charge >= 0.3 is 0 Å². The summed E-state index contributed by atoms with van der Waals surface area (Å²) in [6.45, 7) is 9.48. The number of anilines is 1. The first-order chi connectivity index (χ1) is 28.0. The second-order valence-electron chi connectivity index (χ2n) is 16.4. The van der Waals surface area contributed by atoms with Crippen LogP contribution in [0.1, 0.15) is 70.9 Å². The van der Waals surface area contributed by atoms with E-state index in [1.807, 2.05) is 25.1 Å². The van der Waals surface area contributed by atoms with Crippen molar-refractivity contribution < 1.29 is 28.0 Å². The van der Waals surface area contributed by atoms with Gasteiger partial charge in [0, 0.05) is 69.6 Å². The van der Waals surface area contributed by atoms with Gasteiger partial charge in [-0.3, -0.25) is 23.9 Å². The quantitative estimate of drug-likeness (QED) is 0.283. The molecule has 0 spiro atoms. The van der Waals surface area contributed by atoms with Crippen LogP contribution in [0.2, 0.25) is 5.02 Å². The number of aromatic nitrogens is 2. The normalized spacial score (nSPS) is 26.8. The molecule has 0 radical (unpaired) electrons. The van der Waals surface area contributed by atoms with Crippen LogP contribution in [0.25, 0.3) is 0 Å². The van der Waals surface area contributed by atoms with E-state index in [4.69, 9.17) is 25.8 Å². The monoisotopic (exact) mass is 835 g/mol. The van der Waals surface area contributed by atoms with Crippen molar-refractivity contribution in [3.05, 3.63) is 82.0 Å². The van der Waals surface area contributed by atoms with E-state index in [0.29, 0.717) is 42.9 Å². The highest BCUT2D eigenvalue weighted by Crippen LogP contribution is 2.42. The van der Waals surface area contributed by atoms with E-state index in [1.165, 1.54) is 29.1 Å². The average molecular weight is 836 g/mol. The van der Waals surface area contributed by atoms with Gasteiger partial charge < -0.3 is 24.0 Å². The number of rotatable bonds is 7. The van der Waals surface area contributed by atoms with Crippen molar-refractivity contribution >= 4 is 39.0 Å². The summed E-state index contributed by atoms with van der Waals surface area (Å²) in [7, 11) is 1.61. The lowest BCUT2D eigenvalue weighted by atomic mass is 9.70. The molecule has 1 saturated carbocycles. The lowest BCUT2D eigenvalue weighted by Gasteiger charge is -2.44. The van der Waals surface area contributed by atoms with Gasteiger partial charge in [0.1, 0.15) is 21.2 Å². The Bertz CT molecular complexity index is 2090. The Hall–Kier alpha value is -3.95. The Labute approximate surface area is 348 Å². The zero-order chi connectivity index (χ0) is 40.8. The third kappa shape index (κ3) is 10.4. The van der Waals surface area contributed by atoms with Gasteiger partial charge in [0.15, 0.2) is 0 Å². The third-order valence-electron chi connectivity index (χ3n) is 11.9. The zero-order valence-corrected chi connectivity index (χ0v) is 35.8. The van der Waals surface area contributed by atoms with Gasteiger partial charge in [0.05, 0.1) is 37.9 Å². The molecule has 2 aromatic carbocycles. The third-order valence-corrected chi connectivity index (χ3v) is 14.2. The molecule has 13 nitrogen and oxygen atoms in total. The molecule has 3 aromatic rings. The van der Waals surface area contributed by atoms with Crippen LogP contribution in [0.5, 0.6) is 11.6 Å². The fourth-order valence-corrected chi connectivity index (χ4v) is 10.5. The molecular weight excluding hydrogens is 778 g/mol. The molecule has 2 bridgehead atoms. The fraction of sp³-hybridized carbons (Fsp3) is 0.558. The standard InChI is InChI=1S/C43H58ClN7O6S/c1-30-8-7-10-39(57-23-21-50-19-17-48(2)18-20-50)36-15-12-34(36)27-51-26-33-11-14-35(44)24-31(33)9-5-6-22-56-40-16-13-32(25-38(40)51)41(52)46-58(54,29-30)47-42(53)37-28-49(3)45-43(37)55-4/h7,10-11,13-14,16,24-25,28,30,34,36,39H,5-6,8-9,12,15,17-23,26-27,29H2,1-4H3,(H,46,47,52,53,54)/b10-7+/t30-,34-,36+,39-,58?/m0/s1. The number of hydrogen-bond donors (Lipinski definition) is 1. The molecule has 4 aliphatic rings. The molecule has 7 rings (SSSR count). The summed E-state index contributed by atoms with van der Waals surface area (Å²) in [5, 5.41) is 4.89. The predicted molar refractivity (Wildman–Crippen MR) is 227 cm³/mol. The number of fused-ring (bicyclic) bond motifs is 3. The summed E-state index contributed by atoms with van der Waals surface area (Å²) < 4.78 is 41.8. The number of allylic oxidation sites excluding steroid dienone is 1. The van der Waals surface area contributed by atoms with Crippen molar-refractivity contribution in [1.29, 1.82) is 0 Å². The minimum absolute atomic E-state index is 0.0437. The summed E-state index contributed by atoms with van der Waals surface area (Å²) in [6, 6.07) is 11.4. The van der Waals surface area contributed by atoms with E-state index in [0.717, 1.165) is 77.1 Å². The van der Waals surface area contributed by atoms with Crippen LogP contribution in [0.3, 0.4) is 0 Å². The second kappa shape index (κ2) is 19.0. The largest absolute Gasteiger partial charge is 0.491 e. The molecular formula is C43H58ClN7O6S. The van der Waals surface area contributed by atoms with Crippen molar-refractivity contribution in [2.75, 3.05) is 77.3 Å². The number of methoxy groups -OCH3 is 1. The van der Waals surface area contributed by atoms with Crippen molar-refractivity contribution in [3.8, 4) is 11.6 Å². The Kier molecular flexibility index (Phi) is 13.8. The van der Waals surface area contributed by atoms with Gasteiger partial charge in [0.2, 0.25) is 5.88 Å². The van der Waals surface area contributed by atoms with Crippen LogP contribution in [0, 0.1) is 17.8 Å². The van der Waals surface area contributed by atoms with E-state index in [-0.39, 0.29) is 40.7 Å². The molecule has 3 aliphatic heterocycles. The van der Waals surface area contributed by atoms with Gasteiger partial charge in [-0.05, 0) is 105 Å². The molecule has 1 N–H and O–H groups in total. The fourth-order valence-electron chi connectivity index (χ4n) is 8.46. The number of amides is 2. The molecule has 5 atom stereocenters. The summed E-state index contributed by atoms with van der Waals surface area (Å²) in [5.74, 6) is -0.227. The number of carbonyl (C=O) groups is 2. The van der Waals surface area contributed by atoms with E-state index < -0.39 is 21.7 Å². The number of piperazine rings is 1. The number of aryl methyl sites for hydroxylation is 2. The Morgan fingerprint density at radius 3 is 2.67 bits per heavy atom. The van der Waals surface area contributed by atoms with Gasteiger partial charge in [-0.2, -0.15) is 0 Å². The summed E-state index contributed by atoms with van der Waals surface area (Å²) in [5.41, 5.74) is 3.51. The van der Waals surface area contributed by atoms with Crippen molar-refractivity contribution in [2.24, 2.45) is 29.2 Å². The lowest BCUT2D eigenvalue weighted by molar-refractivity contribution is -0.0234. The first kappa shape index (κ1) is 42.2. The number of likely N-dealkylation sites (N-methyl/N-ethyl adjacent to an activating group) is 1. The molecule has 314 valence electrons. The molecule has 1 saturated heterocycles. The summed E-state index contributed by atoms with van der Waals surface area (Å²) >= 11 is 6.54. The number of nitrogens with zero attached hydrogens (tertiary/aromatic N) is 6. The maximum absolute atomic E-state index is 14.8. The molecule has 4 heterocycles. The van der Waals surface area contributed by atoms with Gasteiger partial charge in [0.25, 0.3) is 11.8 Å². The topological polar surface area (TPSA) is 131 Å². The maximum atomic E-state index is 14.8. The van der Waals surface area contributed by atoms with Crippen molar-refractivity contribution in [1.82, 2.24) is 24.3 Å². The molecule has 2 amide bonds. The maximum Gasteiger partial charge on any atom is 0.286 e. The zero-order valence-electron chi connectivity index (χ0n) is 34.2. The number of carbonyl (C=O) groups excluding carboxylic acids is 2. The van der Waals surface area contributed by atoms with E-state index in [1.54, 1.807) is 13.1 Å². The highest BCUT2D eigenvalue weighted by Gasteiger charge is 2.38. The van der Waals surface area contributed by atoms with Crippen LogP contribution in [0.4, 0.5) is 5.69 Å². The predicted octanol–water partition coefficient (Wildman–Crippen LogP) is 6.01. The van der Waals surface area contributed by atoms with Gasteiger partial charge in [-0.25, -0.2) is 4.21 Å². The highest BCUT2D eigenvalue weighted by atomic mass is 35.5. The van der Waals surface area contributed by atoms with E-state index in [9.17, 15) is 13.8 Å². The number of nitrogens with one attached hydrogen (secondary N) is 1. The van der Waals surface area contributed by atoms with Crippen LogP contribution >= 0.6 is 11.6 Å². The van der Waals surface area contributed by atoms with E-state index in [2.05, 4.69) is 60.2 Å². The van der Waals surface area contributed by atoms with Gasteiger partial charge in [-0.1, -0.05) is 36.7 Å². The van der Waals surface area contributed by atoms with Crippen molar-refractivity contribution in [3.63, 3.8) is 0 Å². The summed E-state index contributed by atoms with van der Waals surface area (Å²) in [6.07, 6.45) is 11.0.